The van der Waals surface area contributed by atoms with Gasteiger partial charge in [-0.2, -0.15) is 0 Å². The van der Waals surface area contributed by atoms with E-state index in [1.165, 1.54) is 0 Å². The largest absolute Gasteiger partial charge is 0.398 e. The molecule has 0 aliphatic carbocycles. The SMILES string of the molecule is Cc1cccc(NC(=O)CS(=O)c2ccccc2N)c1. The number of carbonyl (C=O) groups excluding carboxylic acids is 1. The molecule has 0 saturated carbocycles. The minimum absolute atomic E-state index is 0.109. The summed E-state index contributed by atoms with van der Waals surface area (Å²) in [6.45, 7) is 1.94. The third-order valence-electron chi connectivity index (χ3n) is 2.73. The molecule has 0 saturated heterocycles. The summed E-state index contributed by atoms with van der Waals surface area (Å²) in [6, 6.07) is 14.3. The van der Waals surface area contributed by atoms with Gasteiger partial charge in [0, 0.05) is 11.4 Å². The Hall–Kier alpha value is -2.14. The standard InChI is InChI=1S/C15H16N2O2S/c1-11-5-4-6-12(9-11)17-15(18)10-20(19)14-8-3-2-7-13(14)16/h2-9H,10,16H2,1H3,(H,17,18). The highest BCUT2D eigenvalue weighted by Gasteiger charge is 2.12. The molecule has 2 aromatic carbocycles. The van der Waals surface area contributed by atoms with E-state index >= 15 is 0 Å². The van der Waals surface area contributed by atoms with Crippen molar-refractivity contribution in [1.29, 1.82) is 0 Å². The molecule has 0 aromatic heterocycles. The van der Waals surface area contributed by atoms with Crippen molar-refractivity contribution in [2.75, 3.05) is 16.8 Å². The van der Waals surface area contributed by atoms with Crippen molar-refractivity contribution >= 4 is 28.1 Å². The summed E-state index contributed by atoms with van der Waals surface area (Å²) in [5.41, 5.74) is 7.94. The number of anilines is 2. The molecular formula is C15H16N2O2S. The number of benzene rings is 2. The smallest absolute Gasteiger partial charge is 0.237 e. The van der Waals surface area contributed by atoms with E-state index < -0.39 is 10.8 Å². The number of hydrogen-bond donors (Lipinski definition) is 2. The normalized spacial score (nSPS) is 11.8. The fraction of sp³-hybridized carbons (Fsp3) is 0.133. The predicted molar refractivity (Wildman–Crippen MR) is 81.9 cm³/mol. The maximum absolute atomic E-state index is 12.1. The lowest BCUT2D eigenvalue weighted by Crippen LogP contribution is -2.20. The highest BCUT2D eigenvalue weighted by atomic mass is 32.2. The van der Waals surface area contributed by atoms with Crippen LogP contribution in [0.5, 0.6) is 0 Å². The van der Waals surface area contributed by atoms with Gasteiger partial charge in [-0.25, -0.2) is 0 Å². The molecule has 0 spiro atoms. The predicted octanol–water partition coefficient (Wildman–Crippen LogP) is 2.32. The van der Waals surface area contributed by atoms with Crippen molar-refractivity contribution < 1.29 is 9.00 Å². The second-order valence-corrected chi connectivity index (χ2v) is 5.86. The number of nitrogens with one attached hydrogen (secondary N) is 1. The van der Waals surface area contributed by atoms with Crippen LogP contribution in [0, 0.1) is 6.92 Å². The van der Waals surface area contributed by atoms with Gasteiger partial charge in [-0.3, -0.25) is 9.00 Å². The lowest BCUT2D eigenvalue weighted by molar-refractivity contribution is -0.113. The summed E-state index contributed by atoms with van der Waals surface area (Å²) in [6.07, 6.45) is 0. The second-order valence-electron chi connectivity index (χ2n) is 4.45. The Morgan fingerprint density at radius 1 is 1.20 bits per heavy atom. The molecule has 2 aromatic rings. The molecule has 4 nitrogen and oxygen atoms in total. The molecule has 1 amide bonds. The number of rotatable bonds is 4. The van der Waals surface area contributed by atoms with Gasteiger partial charge in [0.2, 0.25) is 5.91 Å². The van der Waals surface area contributed by atoms with Gasteiger partial charge in [-0.15, -0.1) is 0 Å². The van der Waals surface area contributed by atoms with Crippen LogP contribution in [0.15, 0.2) is 53.4 Å². The van der Waals surface area contributed by atoms with Gasteiger partial charge in [0.15, 0.2) is 0 Å². The van der Waals surface area contributed by atoms with Crippen LogP contribution in [0.2, 0.25) is 0 Å². The minimum atomic E-state index is -1.44. The summed E-state index contributed by atoms with van der Waals surface area (Å²) in [5.74, 6) is -0.403. The van der Waals surface area contributed by atoms with E-state index in [0.29, 0.717) is 16.3 Å². The van der Waals surface area contributed by atoms with Crippen LogP contribution < -0.4 is 11.1 Å². The molecule has 0 heterocycles. The lowest BCUT2D eigenvalue weighted by Gasteiger charge is -2.07. The Labute approximate surface area is 120 Å². The van der Waals surface area contributed by atoms with E-state index in [4.69, 9.17) is 5.73 Å². The first-order chi connectivity index (χ1) is 9.56. The average molecular weight is 288 g/mol. The van der Waals surface area contributed by atoms with Gasteiger partial charge in [-0.05, 0) is 36.8 Å². The highest BCUT2D eigenvalue weighted by Crippen LogP contribution is 2.16. The van der Waals surface area contributed by atoms with Gasteiger partial charge in [0.1, 0.15) is 5.75 Å². The minimum Gasteiger partial charge on any atom is -0.398 e. The Kier molecular flexibility index (Phi) is 4.53. The monoisotopic (exact) mass is 288 g/mol. The Bertz CT molecular complexity index is 656. The van der Waals surface area contributed by atoms with Crippen LogP contribution in [-0.4, -0.2) is 15.9 Å². The number of nitrogens with two attached hydrogens (primary N) is 1. The highest BCUT2D eigenvalue weighted by molar-refractivity contribution is 7.86. The van der Waals surface area contributed by atoms with Crippen molar-refractivity contribution in [2.24, 2.45) is 0 Å². The molecule has 5 heteroatoms. The fourth-order valence-electron chi connectivity index (χ4n) is 1.80. The summed E-state index contributed by atoms with van der Waals surface area (Å²) in [7, 11) is -1.44. The Morgan fingerprint density at radius 3 is 2.65 bits per heavy atom. The van der Waals surface area contributed by atoms with Gasteiger partial charge < -0.3 is 11.1 Å². The van der Waals surface area contributed by atoms with E-state index in [9.17, 15) is 9.00 Å². The van der Waals surface area contributed by atoms with Crippen LogP contribution in [0.25, 0.3) is 0 Å². The molecule has 2 rings (SSSR count). The van der Waals surface area contributed by atoms with Crippen molar-refractivity contribution in [3.8, 4) is 0 Å². The number of para-hydroxylation sites is 1. The molecule has 20 heavy (non-hydrogen) atoms. The second kappa shape index (κ2) is 6.34. The van der Waals surface area contributed by atoms with Crippen molar-refractivity contribution in [1.82, 2.24) is 0 Å². The number of carbonyl (C=O) groups is 1. The average Bonchev–Trinajstić information content (AvgIpc) is 2.38. The number of hydrogen-bond acceptors (Lipinski definition) is 3. The van der Waals surface area contributed by atoms with Crippen LogP contribution in [0.4, 0.5) is 11.4 Å². The molecule has 3 N–H and O–H groups in total. The molecule has 0 fully saturated rings. The van der Waals surface area contributed by atoms with Gasteiger partial charge in [0.25, 0.3) is 0 Å². The zero-order valence-electron chi connectivity index (χ0n) is 11.1. The van der Waals surface area contributed by atoms with E-state index in [0.717, 1.165) is 5.56 Å². The van der Waals surface area contributed by atoms with E-state index in [2.05, 4.69) is 5.32 Å². The molecule has 0 radical (unpaired) electrons. The molecule has 0 aliphatic heterocycles. The fourth-order valence-corrected chi connectivity index (χ4v) is 2.83. The van der Waals surface area contributed by atoms with E-state index in [1.807, 2.05) is 25.1 Å². The summed E-state index contributed by atoms with van der Waals surface area (Å²) in [4.78, 5) is 12.4. The Morgan fingerprint density at radius 2 is 1.95 bits per heavy atom. The maximum Gasteiger partial charge on any atom is 0.237 e. The van der Waals surface area contributed by atoms with Crippen molar-refractivity contribution in [3.63, 3.8) is 0 Å². The maximum atomic E-state index is 12.1. The third kappa shape index (κ3) is 3.68. The van der Waals surface area contributed by atoms with Crippen LogP contribution in [0.1, 0.15) is 5.56 Å². The molecule has 0 aliphatic rings. The lowest BCUT2D eigenvalue weighted by atomic mass is 10.2. The number of nitrogen functional groups attached to an aromatic ring is 1. The van der Waals surface area contributed by atoms with Crippen LogP contribution >= 0.6 is 0 Å². The van der Waals surface area contributed by atoms with Crippen molar-refractivity contribution in [2.45, 2.75) is 11.8 Å². The third-order valence-corrected chi connectivity index (χ3v) is 4.12. The first kappa shape index (κ1) is 14.3. The van der Waals surface area contributed by atoms with Gasteiger partial charge >= 0.3 is 0 Å². The first-order valence-electron chi connectivity index (χ1n) is 6.15. The summed E-state index contributed by atoms with van der Waals surface area (Å²) >= 11 is 0. The topological polar surface area (TPSA) is 72.2 Å². The van der Waals surface area contributed by atoms with Crippen molar-refractivity contribution in [3.05, 3.63) is 54.1 Å². The number of amides is 1. The van der Waals surface area contributed by atoms with E-state index in [1.54, 1.807) is 30.3 Å². The molecule has 1 atom stereocenters. The quantitative estimate of drug-likeness (QED) is 0.848. The first-order valence-corrected chi connectivity index (χ1v) is 7.47. The molecule has 0 bridgehead atoms. The molecule has 1 unspecified atom stereocenters. The molecule has 104 valence electrons. The molecular weight excluding hydrogens is 272 g/mol. The van der Waals surface area contributed by atoms with Gasteiger partial charge in [0.05, 0.1) is 15.7 Å². The van der Waals surface area contributed by atoms with E-state index in [-0.39, 0.29) is 11.7 Å². The Balaban J connectivity index is 2.02. The van der Waals surface area contributed by atoms with Crippen LogP contribution in [-0.2, 0) is 15.6 Å². The zero-order valence-corrected chi connectivity index (χ0v) is 11.9. The van der Waals surface area contributed by atoms with Crippen LogP contribution in [0.3, 0.4) is 0 Å². The zero-order chi connectivity index (χ0) is 14.5. The summed E-state index contributed by atoms with van der Waals surface area (Å²) < 4.78 is 12.1. The van der Waals surface area contributed by atoms with Gasteiger partial charge in [-0.1, -0.05) is 24.3 Å². The summed E-state index contributed by atoms with van der Waals surface area (Å²) in [5, 5.41) is 2.73. The number of aryl methyl sites for hydroxylation is 1.